The number of aromatic nitrogens is 2. The Hall–Kier alpha value is -4.44. The molecule has 0 bridgehead atoms. The van der Waals surface area contributed by atoms with Crippen LogP contribution in [-0.4, -0.2) is 66.6 Å². The van der Waals surface area contributed by atoms with Crippen molar-refractivity contribution in [2.75, 3.05) is 25.7 Å². The molecule has 2 aromatic heterocycles. The number of nitrogens with zero attached hydrogens (tertiary/aromatic N) is 4. The summed E-state index contributed by atoms with van der Waals surface area (Å²) in [5.74, 6) is 0.346. The topological polar surface area (TPSA) is 173 Å². The van der Waals surface area contributed by atoms with E-state index in [1.165, 1.54) is 41.0 Å². The van der Waals surface area contributed by atoms with Gasteiger partial charge < -0.3 is 9.47 Å². The van der Waals surface area contributed by atoms with E-state index >= 15 is 0 Å². The summed E-state index contributed by atoms with van der Waals surface area (Å²) in [6.07, 6.45) is 4.52. The van der Waals surface area contributed by atoms with Crippen LogP contribution in [-0.2, 0) is 80.1 Å². The average molecular weight is 1210 g/mol. The summed E-state index contributed by atoms with van der Waals surface area (Å²) in [5, 5.41) is 4.98. The van der Waals surface area contributed by atoms with Gasteiger partial charge in [-0.2, -0.15) is 4.36 Å². The number of benzene rings is 4. The summed E-state index contributed by atoms with van der Waals surface area (Å²) < 4.78 is 45.6. The maximum absolute atomic E-state index is 12.8. The van der Waals surface area contributed by atoms with Gasteiger partial charge in [0, 0.05) is 86.1 Å². The molecule has 4 aromatic carbocycles. The molecule has 2 unspecified atom stereocenters. The van der Waals surface area contributed by atoms with Gasteiger partial charge in [-0.05, 0) is 92.2 Å². The molecule has 2 aliphatic rings. The summed E-state index contributed by atoms with van der Waals surface area (Å²) >= 11 is 20.8. The Kier molecular flexibility index (Phi) is 20.6. The van der Waals surface area contributed by atoms with Crippen molar-refractivity contribution in [1.82, 2.24) is 15.3 Å². The van der Waals surface area contributed by atoms with E-state index in [0.717, 1.165) is 27.8 Å². The van der Waals surface area contributed by atoms with Crippen LogP contribution in [0.3, 0.4) is 0 Å². The standard InChI is InChI=1S/C23H20ClN3O3S2.C16H11NO2S.C7H9ClN2OS.V.W/c1-32(29,14-15-10-11-21(24)25-12-15)27-22(31)26-23(28)30-13-20-18-8-4-2-6-16(18)17-7-3-5-9-19(17)20;18-16(17-10-20)19-9-15-13-7-3-1-5-11(13)12-6-2-4-8-14(12)15;1-12(9,11)5-6-2-3-7(8)10-4-6;;/h2-12,20H,13-14H2,1H3,(H,26,28,31);1-8,15H,9H2;2-4,9H,5H2,1H3;;. The molecule has 339 valence electrons. The minimum atomic E-state index is -2.72. The number of isothiocyanates is 1. The van der Waals surface area contributed by atoms with Crippen LogP contribution in [0.4, 0.5) is 9.59 Å². The number of hydrogen-bond acceptors (Lipinski definition) is 11. The van der Waals surface area contributed by atoms with Crippen LogP contribution in [0.2, 0.25) is 10.3 Å². The molecule has 0 spiro atoms. The van der Waals surface area contributed by atoms with Crippen LogP contribution in [0.15, 0.2) is 143 Å². The molecule has 0 saturated carbocycles. The van der Waals surface area contributed by atoms with Crippen LogP contribution < -0.4 is 5.32 Å². The molecule has 0 aliphatic heterocycles. The molecule has 6 aromatic rings. The van der Waals surface area contributed by atoms with Crippen LogP contribution in [0.1, 0.15) is 45.2 Å². The van der Waals surface area contributed by atoms with Crippen LogP contribution in [0.25, 0.3) is 22.3 Å². The number of nitrogens with one attached hydrogen (secondary N) is 2. The number of rotatable bonds is 8. The van der Waals surface area contributed by atoms with E-state index in [-0.39, 0.29) is 81.3 Å². The molecule has 8 rings (SSSR count). The first-order valence-corrected chi connectivity index (χ1v) is 25.1. The number of hydrogen-bond donors (Lipinski definition) is 2. The third-order valence-electron chi connectivity index (χ3n) is 9.76. The number of fused-ring (bicyclic) bond motifs is 6. The minimum Gasteiger partial charge on any atom is -0.448 e. The number of carbonyl (C=O) groups excluding carboxylic acids is 2. The number of alkyl carbamates (subject to hydrolysis) is 1. The van der Waals surface area contributed by atoms with Gasteiger partial charge in [-0.3, -0.25) is 10.1 Å². The number of halogens is 2. The number of carbonyl (C=O) groups is 2. The Morgan fingerprint density at radius 1 is 0.697 bits per heavy atom. The van der Waals surface area contributed by atoms with Crippen molar-refractivity contribution in [2.24, 2.45) is 9.36 Å². The Labute approximate surface area is 431 Å². The Morgan fingerprint density at radius 2 is 1.09 bits per heavy atom. The third kappa shape index (κ3) is 15.3. The first-order valence-electron chi connectivity index (χ1n) is 19.3. The fraction of sp³-hybridized carbons (Fsp3) is 0.174. The van der Waals surface area contributed by atoms with E-state index in [1.807, 2.05) is 65.8 Å². The monoisotopic (exact) mass is 1210 g/mol. The number of aliphatic imine (C=N–C) groups is 1. The molecule has 2 amide bonds. The van der Waals surface area contributed by atoms with Crippen LogP contribution in [0.5, 0.6) is 0 Å². The largest absolute Gasteiger partial charge is 0.448 e. The van der Waals surface area contributed by atoms with Gasteiger partial charge in [0.1, 0.15) is 23.5 Å². The molecule has 66 heavy (non-hydrogen) atoms. The van der Waals surface area contributed by atoms with Gasteiger partial charge in [-0.1, -0.05) is 132 Å². The SMILES string of the molecule is CS(=N)(=O)Cc1ccc(Cl)nc1.CS(=O)(Cc1ccc(Cl)nc1)=NC(=S)NC(=O)OCC1c2ccccc2-c2ccccc21.O=C(N=C=S)OCC1c2ccccc2-c2ccccc21.[V].[W]. The average Bonchev–Trinajstić information content (AvgIpc) is 3.76. The zero-order chi connectivity index (χ0) is 45.9. The van der Waals surface area contributed by atoms with E-state index < -0.39 is 31.6 Å². The van der Waals surface area contributed by atoms with Crippen molar-refractivity contribution in [3.63, 3.8) is 0 Å². The summed E-state index contributed by atoms with van der Waals surface area (Å²) in [7, 11) is -5.20. The zero-order valence-electron chi connectivity index (χ0n) is 35.2. The predicted molar refractivity (Wildman–Crippen MR) is 260 cm³/mol. The predicted octanol–water partition coefficient (Wildman–Crippen LogP) is 11.1. The molecular weight excluding hydrogens is 1170 g/mol. The normalized spacial score (nSPS) is 13.3. The van der Waals surface area contributed by atoms with E-state index in [0.29, 0.717) is 15.9 Å². The second-order valence-electron chi connectivity index (χ2n) is 14.6. The first kappa shape index (κ1) is 54.2. The van der Waals surface area contributed by atoms with Gasteiger partial charge in [0.2, 0.25) is 5.11 Å². The van der Waals surface area contributed by atoms with Crippen LogP contribution >= 0.6 is 47.6 Å². The number of ether oxygens (including phenoxy) is 2. The molecule has 20 heteroatoms. The van der Waals surface area contributed by atoms with Gasteiger partial charge in [-0.15, -0.1) is 4.99 Å². The molecular formula is C46H40Cl2N6O6S4VW. The van der Waals surface area contributed by atoms with Gasteiger partial charge >= 0.3 is 12.2 Å². The molecule has 0 saturated heterocycles. The fourth-order valence-corrected chi connectivity index (χ4v) is 10.1. The number of amides is 2. The second-order valence-corrected chi connectivity index (χ2v) is 20.6. The van der Waals surface area contributed by atoms with Gasteiger partial charge in [0.05, 0.1) is 26.4 Å². The van der Waals surface area contributed by atoms with Crippen molar-refractivity contribution in [1.29, 1.82) is 4.78 Å². The molecule has 0 fully saturated rings. The molecule has 12 nitrogen and oxygen atoms in total. The van der Waals surface area contributed by atoms with Gasteiger partial charge in [0.15, 0.2) is 0 Å². The smallest absolute Gasteiger partial charge is 0.442 e. The van der Waals surface area contributed by atoms with E-state index in [1.54, 1.807) is 30.5 Å². The summed E-state index contributed by atoms with van der Waals surface area (Å²) in [6, 6.07) is 39.2. The Balaban J connectivity index is 0.000000239. The molecule has 1 radical (unpaired) electrons. The molecule has 2 heterocycles. The van der Waals surface area contributed by atoms with E-state index in [9.17, 15) is 18.0 Å². The van der Waals surface area contributed by atoms with Gasteiger partial charge in [0.25, 0.3) is 0 Å². The Morgan fingerprint density at radius 3 is 1.47 bits per heavy atom. The van der Waals surface area contributed by atoms with Crippen molar-refractivity contribution < 1.29 is 67.1 Å². The fourth-order valence-electron chi connectivity index (χ4n) is 7.23. The third-order valence-corrected chi connectivity index (χ3v) is 12.9. The van der Waals surface area contributed by atoms with Crippen molar-refractivity contribution in [3.8, 4) is 22.3 Å². The molecule has 2 aliphatic carbocycles. The first-order chi connectivity index (χ1) is 30.6. The molecule has 2 atom stereocenters. The Bertz CT molecular complexity index is 2900. The van der Waals surface area contributed by atoms with Crippen molar-refractivity contribution in [3.05, 3.63) is 177 Å². The van der Waals surface area contributed by atoms with Crippen LogP contribution in [0, 0.1) is 4.78 Å². The maximum atomic E-state index is 12.8. The van der Waals surface area contributed by atoms with E-state index in [4.69, 9.17) is 49.7 Å². The minimum absolute atomic E-state index is 0. The molecule has 2 N–H and O–H groups in total. The summed E-state index contributed by atoms with van der Waals surface area (Å²) in [6.45, 7) is 0.411. The van der Waals surface area contributed by atoms with Crippen molar-refractivity contribution >= 4 is 89.6 Å². The summed E-state index contributed by atoms with van der Waals surface area (Å²) in [5.41, 5.74) is 10.7. The quantitative estimate of drug-likeness (QED) is 0.0848. The zero-order valence-corrected chi connectivity index (χ0v) is 44.3. The second kappa shape index (κ2) is 25.1. The summed E-state index contributed by atoms with van der Waals surface area (Å²) in [4.78, 5) is 34.7. The number of pyridine rings is 2. The van der Waals surface area contributed by atoms with Gasteiger partial charge in [-0.25, -0.2) is 28.0 Å². The maximum Gasteiger partial charge on any atom is 0.442 e. The van der Waals surface area contributed by atoms with Crippen molar-refractivity contribution in [2.45, 2.75) is 23.3 Å². The number of thiocarbonyl (C=S) groups is 2. The van der Waals surface area contributed by atoms with E-state index in [2.05, 4.69) is 73.3 Å².